The summed E-state index contributed by atoms with van der Waals surface area (Å²) in [4.78, 5) is 1.20. The maximum absolute atomic E-state index is 10.1. The maximum Gasteiger partial charge on any atom is 0.0962 e. The Morgan fingerprint density at radius 1 is 1.21 bits per heavy atom. The van der Waals surface area contributed by atoms with E-state index in [0.717, 1.165) is 11.3 Å². The van der Waals surface area contributed by atoms with Crippen LogP contribution in [0.15, 0.2) is 53.4 Å². The van der Waals surface area contributed by atoms with E-state index in [1.807, 2.05) is 30.5 Å². The predicted octanol–water partition coefficient (Wildman–Crippen LogP) is 4.21. The molecule has 19 heavy (non-hydrogen) atoms. The number of anilines is 1. The van der Waals surface area contributed by atoms with Gasteiger partial charge in [-0.15, -0.1) is 11.8 Å². The van der Waals surface area contributed by atoms with E-state index in [1.54, 1.807) is 23.9 Å². The summed E-state index contributed by atoms with van der Waals surface area (Å²) < 4.78 is 0. The molecule has 0 aliphatic rings. The number of aliphatic hydroxyl groups is 1. The van der Waals surface area contributed by atoms with E-state index in [9.17, 15) is 5.11 Å². The first-order valence-corrected chi connectivity index (χ1v) is 7.61. The molecular weight excluding hydrogens is 278 g/mol. The van der Waals surface area contributed by atoms with Gasteiger partial charge in [0.1, 0.15) is 0 Å². The van der Waals surface area contributed by atoms with E-state index in [1.165, 1.54) is 4.90 Å². The molecule has 2 aromatic carbocycles. The van der Waals surface area contributed by atoms with Crippen molar-refractivity contribution in [3.8, 4) is 0 Å². The van der Waals surface area contributed by atoms with Crippen LogP contribution in [0.2, 0.25) is 5.02 Å². The number of nitrogens with one attached hydrogen (secondary N) is 1. The third kappa shape index (κ3) is 4.16. The molecule has 0 bridgehead atoms. The molecule has 100 valence electrons. The van der Waals surface area contributed by atoms with E-state index < -0.39 is 6.10 Å². The largest absolute Gasteiger partial charge is 0.387 e. The minimum atomic E-state index is -0.546. The molecule has 0 aliphatic carbocycles. The van der Waals surface area contributed by atoms with Crippen LogP contribution >= 0.6 is 23.4 Å². The monoisotopic (exact) mass is 293 g/mol. The van der Waals surface area contributed by atoms with Crippen molar-refractivity contribution in [2.45, 2.75) is 11.0 Å². The second kappa shape index (κ2) is 6.85. The average molecular weight is 294 g/mol. The molecule has 0 radical (unpaired) electrons. The molecule has 0 spiro atoms. The topological polar surface area (TPSA) is 32.3 Å². The van der Waals surface area contributed by atoms with Crippen LogP contribution in [-0.4, -0.2) is 17.9 Å². The van der Waals surface area contributed by atoms with E-state index >= 15 is 0 Å². The lowest BCUT2D eigenvalue weighted by atomic mass is 10.1. The fourth-order valence-electron chi connectivity index (χ4n) is 1.75. The number of aliphatic hydroxyl groups excluding tert-OH is 1. The number of hydrogen-bond donors (Lipinski definition) is 2. The molecule has 0 saturated heterocycles. The molecule has 2 aromatic rings. The van der Waals surface area contributed by atoms with E-state index in [0.29, 0.717) is 11.6 Å². The van der Waals surface area contributed by atoms with Crippen LogP contribution in [0.3, 0.4) is 0 Å². The summed E-state index contributed by atoms with van der Waals surface area (Å²) in [6, 6.07) is 15.4. The van der Waals surface area contributed by atoms with Gasteiger partial charge in [0, 0.05) is 22.2 Å². The zero-order chi connectivity index (χ0) is 13.7. The number of rotatable bonds is 5. The standard InChI is InChI=1S/C15H16ClNOS/c1-19-14-4-2-3-13(9-14)17-10-15(18)11-5-7-12(16)8-6-11/h2-9,15,17-18H,10H2,1H3. The third-order valence-corrected chi connectivity index (χ3v) is 3.80. The summed E-state index contributed by atoms with van der Waals surface area (Å²) in [5.41, 5.74) is 1.87. The minimum absolute atomic E-state index is 0.472. The maximum atomic E-state index is 10.1. The number of halogens is 1. The lowest BCUT2D eigenvalue weighted by molar-refractivity contribution is 0.191. The van der Waals surface area contributed by atoms with Crippen molar-refractivity contribution >= 4 is 29.1 Å². The Morgan fingerprint density at radius 3 is 2.63 bits per heavy atom. The smallest absolute Gasteiger partial charge is 0.0962 e. The predicted molar refractivity (Wildman–Crippen MR) is 83.1 cm³/mol. The van der Waals surface area contributed by atoms with Gasteiger partial charge in [-0.05, 0) is 42.2 Å². The Morgan fingerprint density at radius 2 is 1.95 bits per heavy atom. The van der Waals surface area contributed by atoms with Gasteiger partial charge in [0.05, 0.1) is 6.10 Å². The van der Waals surface area contributed by atoms with Gasteiger partial charge in [0.25, 0.3) is 0 Å². The second-order valence-corrected chi connectivity index (χ2v) is 5.50. The number of hydrogen-bond acceptors (Lipinski definition) is 3. The van der Waals surface area contributed by atoms with Crippen LogP contribution in [0.25, 0.3) is 0 Å². The molecule has 0 saturated carbocycles. The van der Waals surface area contributed by atoms with Crippen molar-refractivity contribution < 1.29 is 5.11 Å². The summed E-state index contributed by atoms with van der Waals surface area (Å²) in [6.45, 7) is 0.472. The van der Waals surface area contributed by atoms with Gasteiger partial charge in [-0.3, -0.25) is 0 Å². The van der Waals surface area contributed by atoms with Crippen molar-refractivity contribution in [1.29, 1.82) is 0 Å². The van der Waals surface area contributed by atoms with E-state index in [4.69, 9.17) is 11.6 Å². The quantitative estimate of drug-likeness (QED) is 0.810. The first-order chi connectivity index (χ1) is 9.19. The SMILES string of the molecule is CSc1cccc(NCC(O)c2ccc(Cl)cc2)c1. The van der Waals surface area contributed by atoms with Gasteiger partial charge in [0.2, 0.25) is 0 Å². The highest BCUT2D eigenvalue weighted by Crippen LogP contribution is 2.21. The molecule has 2 N–H and O–H groups in total. The molecule has 1 unspecified atom stereocenters. The Balaban J connectivity index is 1.96. The molecule has 4 heteroatoms. The molecule has 0 aliphatic heterocycles. The van der Waals surface area contributed by atoms with E-state index in [2.05, 4.69) is 17.4 Å². The summed E-state index contributed by atoms with van der Waals surface area (Å²) in [6.07, 6.45) is 1.50. The number of thioether (sulfide) groups is 1. The third-order valence-electron chi connectivity index (χ3n) is 2.82. The molecule has 0 aromatic heterocycles. The zero-order valence-corrected chi connectivity index (χ0v) is 12.2. The lowest BCUT2D eigenvalue weighted by Crippen LogP contribution is -2.12. The summed E-state index contributed by atoms with van der Waals surface area (Å²) >= 11 is 7.52. The van der Waals surface area contributed by atoms with Gasteiger partial charge in [-0.2, -0.15) is 0 Å². The summed E-state index contributed by atoms with van der Waals surface area (Å²) in [7, 11) is 0. The normalized spacial score (nSPS) is 12.2. The second-order valence-electron chi connectivity index (χ2n) is 4.18. The van der Waals surface area contributed by atoms with Gasteiger partial charge in [0.15, 0.2) is 0 Å². The van der Waals surface area contributed by atoms with Crippen molar-refractivity contribution in [1.82, 2.24) is 0 Å². The van der Waals surface area contributed by atoms with Crippen LogP contribution in [0.4, 0.5) is 5.69 Å². The highest BCUT2D eigenvalue weighted by Gasteiger charge is 2.07. The molecule has 2 nitrogen and oxygen atoms in total. The summed E-state index contributed by atoms with van der Waals surface area (Å²) in [5.74, 6) is 0. The molecule has 1 atom stereocenters. The van der Waals surface area contributed by atoms with Gasteiger partial charge >= 0.3 is 0 Å². The Hall–Kier alpha value is -1.16. The van der Waals surface area contributed by atoms with Crippen LogP contribution in [-0.2, 0) is 0 Å². The first kappa shape index (κ1) is 14.3. The molecular formula is C15H16ClNOS. The highest BCUT2D eigenvalue weighted by molar-refractivity contribution is 7.98. The Kier molecular flexibility index (Phi) is 5.14. The first-order valence-electron chi connectivity index (χ1n) is 6.00. The van der Waals surface area contributed by atoms with Crippen LogP contribution in [0.1, 0.15) is 11.7 Å². The van der Waals surface area contributed by atoms with Crippen LogP contribution in [0, 0.1) is 0 Å². The van der Waals surface area contributed by atoms with Crippen molar-refractivity contribution in [2.24, 2.45) is 0 Å². The highest BCUT2D eigenvalue weighted by atomic mass is 35.5. The average Bonchev–Trinajstić information content (AvgIpc) is 2.46. The summed E-state index contributed by atoms with van der Waals surface area (Å²) in [5, 5.41) is 14.0. The van der Waals surface area contributed by atoms with Crippen molar-refractivity contribution in [2.75, 3.05) is 18.1 Å². The molecule has 2 rings (SSSR count). The van der Waals surface area contributed by atoms with Crippen molar-refractivity contribution in [3.63, 3.8) is 0 Å². The van der Waals surface area contributed by atoms with Gasteiger partial charge in [-0.1, -0.05) is 29.8 Å². The Bertz CT molecular complexity index is 530. The van der Waals surface area contributed by atoms with Crippen LogP contribution in [0.5, 0.6) is 0 Å². The van der Waals surface area contributed by atoms with Crippen LogP contribution < -0.4 is 5.32 Å². The fourth-order valence-corrected chi connectivity index (χ4v) is 2.34. The molecule has 0 fully saturated rings. The molecule has 0 heterocycles. The number of benzene rings is 2. The zero-order valence-electron chi connectivity index (χ0n) is 10.6. The minimum Gasteiger partial charge on any atom is -0.387 e. The fraction of sp³-hybridized carbons (Fsp3) is 0.200. The van der Waals surface area contributed by atoms with Gasteiger partial charge < -0.3 is 10.4 Å². The van der Waals surface area contributed by atoms with Crippen molar-refractivity contribution in [3.05, 3.63) is 59.1 Å². The Labute approximate surface area is 122 Å². The lowest BCUT2D eigenvalue weighted by Gasteiger charge is -2.13. The molecule has 0 amide bonds. The van der Waals surface area contributed by atoms with E-state index in [-0.39, 0.29) is 0 Å². The van der Waals surface area contributed by atoms with Gasteiger partial charge in [-0.25, -0.2) is 0 Å².